The highest BCUT2D eigenvalue weighted by Crippen LogP contribution is 2.49. The Morgan fingerprint density at radius 1 is 1.09 bits per heavy atom. The van der Waals surface area contributed by atoms with Gasteiger partial charge >= 0.3 is 6.18 Å². The average Bonchev–Trinajstić information content (AvgIpc) is 3.16. The fraction of sp³-hybridized carbons (Fsp3) is 0.250. The van der Waals surface area contributed by atoms with Crippen molar-refractivity contribution >= 4 is 16.9 Å². The highest BCUT2D eigenvalue weighted by Gasteiger charge is 2.45. The van der Waals surface area contributed by atoms with Gasteiger partial charge in [-0.25, -0.2) is 9.97 Å². The van der Waals surface area contributed by atoms with Gasteiger partial charge in [0.2, 0.25) is 0 Å². The number of halogens is 3. The molecule has 0 saturated heterocycles. The number of hydrogen-bond acceptors (Lipinski definition) is 3. The molecule has 2 heterocycles. The largest absolute Gasteiger partial charge is 0.418 e. The van der Waals surface area contributed by atoms with Crippen molar-refractivity contribution < 1.29 is 13.2 Å². The van der Waals surface area contributed by atoms with Gasteiger partial charge in [0.25, 0.3) is 0 Å². The Morgan fingerprint density at radius 3 is 2.48 bits per heavy atom. The first-order chi connectivity index (χ1) is 11.0. The molecule has 2 aromatic heterocycles. The number of benzene rings is 1. The normalized spacial score (nSPS) is 16.5. The molecular weight excluding hydrogens is 305 g/mol. The standard InChI is InChI=1S/C16H13F3N4/c17-16(18,19)11-8-20-13-12(11)14(22-9-21-13)23-15(6-7-15)10-4-2-1-3-5-10/h1-5,8-9H,6-7H2,(H2,20,21,22,23). The number of H-pyrrole nitrogens is 1. The number of nitrogens with one attached hydrogen (secondary N) is 2. The van der Waals surface area contributed by atoms with Crippen LogP contribution in [0.5, 0.6) is 0 Å². The van der Waals surface area contributed by atoms with Crippen LogP contribution in [0.3, 0.4) is 0 Å². The summed E-state index contributed by atoms with van der Waals surface area (Å²) < 4.78 is 39.6. The maximum atomic E-state index is 13.2. The van der Waals surface area contributed by atoms with Crippen molar-refractivity contribution in [2.24, 2.45) is 0 Å². The van der Waals surface area contributed by atoms with Gasteiger partial charge < -0.3 is 10.3 Å². The number of aromatic amines is 1. The third-order valence-electron chi connectivity index (χ3n) is 4.21. The summed E-state index contributed by atoms with van der Waals surface area (Å²) in [5.74, 6) is 0.213. The maximum absolute atomic E-state index is 13.2. The monoisotopic (exact) mass is 318 g/mol. The topological polar surface area (TPSA) is 53.6 Å². The molecule has 4 rings (SSSR count). The van der Waals surface area contributed by atoms with Gasteiger partial charge in [0.15, 0.2) is 0 Å². The molecule has 1 fully saturated rings. The minimum absolute atomic E-state index is 0.0118. The van der Waals surface area contributed by atoms with Crippen LogP contribution in [-0.4, -0.2) is 15.0 Å². The van der Waals surface area contributed by atoms with E-state index in [1.165, 1.54) is 6.33 Å². The summed E-state index contributed by atoms with van der Waals surface area (Å²) in [7, 11) is 0. The zero-order valence-corrected chi connectivity index (χ0v) is 12.0. The fourth-order valence-corrected chi connectivity index (χ4v) is 2.88. The number of hydrogen-bond donors (Lipinski definition) is 2. The van der Waals surface area contributed by atoms with Gasteiger partial charge in [0.05, 0.1) is 16.5 Å². The molecule has 118 valence electrons. The molecular formula is C16H13F3N4. The molecule has 3 aromatic rings. The molecule has 23 heavy (non-hydrogen) atoms. The van der Waals surface area contributed by atoms with E-state index in [-0.39, 0.29) is 22.4 Å². The van der Waals surface area contributed by atoms with Crippen molar-refractivity contribution in [2.45, 2.75) is 24.6 Å². The lowest BCUT2D eigenvalue weighted by atomic mass is 10.0. The molecule has 0 atom stereocenters. The van der Waals surface area contributed by atoms with E-state index in [9.17, 15) is 13.2 Å². The van der Waals surface area contributed by atoms with Gasteiger partial charge in [-0.3, -0.25) is 0 Å². The Labute approximate surface area is 129 Å². The van der Waals surface area contributed by atoms with E-state index in [4.69, 9.17) is 0 Å². The molecule has 7 heteroatoms. The fourth-order valence-electron chi connectivity index (χ4n) is 2.88. The third-order valence-corrected chi connectivity index (χ3v) is 4.21. The maximum Gasteiger partial charge on any atom is 0.418 e. The number of nitrogens with zero attached hydrogens (tertiary/aromatic N) is 2. The second-order valence-electron chi connectivity index (χ2n) is 5.72. The van der Waals surface area contributed by atoms with Crippen LogP contribution < -0.4 is 5.32 Å². The lowest BCUT2D eigenvalue weighted by Crippen LogP contribution is -2.20. The summed E-state index contributed by atoms with van der Waals surface area (Å²) in [6.45, 7) is 0. The summed E-state index contributed by atoms with van der Waals surface area (Å²) in [5.41, 5.74) is 0.136. The molecule has 0 unspecified atom stereocenters. The molecule has 0 amide bonds. The molecule has 4 nitrogen and oxygen atoms in total. The number of aromatic nitrogens is 3. The van der Waals surface area contributed by atoms with Gasteiger partial charge in [-0.1, -0.05) is 30.3 Å². The van der Waals surface area contributed by atoms with Gasteiger partial charge in [-0.05, 0) is 18.4 Å². The molecule has 2 N–H and O–H groups in total. The molecule has 0 spiro atoms. The molecule has 1 aromatic carbocycles. The van der Waals surface area contributed by atoms with Crippen molar-refractivity contribution in [1.82, 2.24) is 15.0 Å². The van der Waals surface area contributed by atoms with Crippen LogP contribution in [0.15, 0.2) is 42.9 Å². The SMILES string of the molecule is FC(F)(F)c1c[nH]c2ncnc(NC3(c4ccccc4)CC3)c12. The van der Waals surface area contributed by atoms with Crippen LogP contribution in [0.4, 0.5) is 19.0 Å². The lowest BCUT2D eigenvalue weighted by Gasteiger charge is -2.19. The summed E-state index contributed by atoms with van der Waals surface area (Å²) in [5, 5.41) is 3.20. The van der Waals surface area contributed by atoms with E-state index in [1.54, 1.807) is 0 Å². The summed E-state index contributed by atoms with van der Waals surface area (Å²) in [4.78, 5) is 10.5. The van der Waals surface area contributed by atoms with E-state index in [0.717, 1.165) is 24.6 Å². The first-order valence-corrected chi connectivity index (χ1v) is 7.23. The van der Waals surface area contributed by atoms with Gasteiger partial charge in [-0.15, -0.1) is 0 Å². The lowest BCUT2D eigenvalue weighted by molar-refractivity contribution is -0.136. The number of anilines is 1. The Kier molecular flexibility index (Phi) is 2.88. The second kappa shape index (κ2) is 4.71. The Bertz CT molecular complexity index is 851. The quantitative estimate of drug-likeness (QED) is 0.765. The third kappa shape index (κ3) is 2.32. The van der Waals surface area contributed by atoms with Crippen molar-refractivity contribution in [3.8, 4) is 0 Å². The summed E-state index contributed by atoms with van der Waals surface area (Å²) in [6.07, 6.45) is -0.541. The highest BCUT2D eigenvalue weighted by atomic mass is 19.4. The second-order valence-corrected chi connectivity index (χ2v) is 5.72. The first kappa shape index (κ1) is 14.0. The predicted molar refractivity (Wildman–Crippen MR) is 79.9 cm³/mol. The minimum atomic E-state index is -4.46. The minimum Gasteiger partial charge on any atom is -0.360 e. The van der Waals surface area contributed by atoms with E-state index < -0.39 is 11.7 Å². The van der Waals surface area contributed by atoms with E-state index in [0.29, 0.717) is 0 Å². The zero-order valence-electron chi connectivity index (χ0n) is 12.0. The van der Waals surface area contributed by atoms with Crippen molar-refractivity contribution in [3.05, 3.63) is 54.0 Å². The first-order valence-electron chi connectivity index (χ1n) is 7.23. The molecule has 0 aliphatic heterocycles. The molecule has 1 aliphatic rings. The van der Waals surface area contributed by atoms with E-state index >= 15 is 0 Å². The van der Waals surface area contributed by atoms with Crippen LogP contribution >= 0.6 is 0 Å². The van der Waals surface area contributed by atoms with Crippen molar-refractivity contribution in [3.63, 3.8) is 0 Å². The van der Waals surface area contributed by atoms with E-state index in [2.05, 4.69) is 20.3 Å². The van der Waals surface area contributed by atoms with Gasteiger partial charge in [-0.2, -0.15) is 13.2 Å². The van der Waals surface area contributed by atoms with Crippen LogP contribution in [0.1, 0.15) is 24.0 Å². The summed E-state index contributed by atoms with van der Waals surface area (Å²) >= 11 is 0. The molecule has 1 aliphatic carbocycles. The molecule has 0 radical (unpaired) electrons. The highest BCUT2D eigenvalue weighted by molar-refractivity contribution is 5.91. The van der Waals surface area contributed by atoms with E-state index in [1.807, 2.05) is 30.3 Å². The molecule has 1 saturated carbocycles. The van der Waals surface area contributed by atoms with Crippen LogP contribution in [0.25, 0.3) is 11.0 Å². The van der Waals surface area contributed by atoms with Gasteiger partial charge in [0, 0.05) is 6.20 Å². The number of alkyl halides is 3. The Hall–Kier alpha value is -2.57. The van der Waals surface area contributed by atoms with Crippen LogP contribution in [0.2, 0.25) is 0 Å². The number of fused-ring (bicyclic) bond motifs is 1. The smallest absolute Gasteiger partial charge is 0.360 e. The Balaban J connectivity index is 1.80. The summed E-state index contributed by atoms with van der Waals surface area (Å²) in [6, 6.07) is 9.70. The Morgan fingerprint density at radius 2 is 1.83 bits per heavy atom. The zero-order chi connectivity index (χ0) is 16.1. The van der Waals surface area contributed by atoms with Gasteiger partial charge in [0.1, 0.15) is 17.8 Å². The predicted octanol–water partition coefficient (Wildman–Crippen LogP) is 4.08. The van der Waals surface area contributed by atoms with Crippen molar-refractivity contribution in [1.29, 1.82) is 0 Å². The average molecular weight is 318 g/mol. The number of rotatable bonds is 3. The van der Waals surface area contributed by atoms with Crippen molar-refractivity contribution in [2.75, 3.05) is 5.32 Å². The van der Waals surface area contributed by atoms with Crippen LogP contribution in [-0.2, 0) is 11.7 Å². The molecule has 0 bridgehead atoms. The van der Waals surface area contributed by atoms with Crippen LogP contribution in [0, 0.1) is 0 Å².